The minimum absolute atomic E-state index is 0.184. The summed E-state index contributed by atoms with van der Waals surface area (Å²) in [5.41, 5.74) is 1.24. The quantitative estimate of drug-likeness (QED) is 0.797. The van der Waals surface area contributed by atoms with Crippen LogP contribution in [0.4, 0.5) is 0 Å². The van der Waals surface area contributed by atoms with E-state index in [1.807, 2.05) is 18.2 Å². The summed E-state index contributed by atoms with van der Waals surface area (Å²) in [7, 11) is 0. The molecule has 0 amide bonds. The van der Waals surface area contributed by atoms with Gasteiger partial charge in [-0.25, -0.2) is 0 Å². The number of hydrogen-bond acceptors (Lipinski definition) is 3. The highest BCUT2D eigenvalue weighted by Crippen LogP contribution is 2.25. The minimum atomic E-state index is 0.184. The zero-order chi connectivity index (χ0) is 11.4. The van der Waals surface area contributed by atoms with Gasteiger partial charge < -0.3 is 10.2 Å². The standard InChI is InChI=1S/C13H19NO2/c15-9-12-6-7-13(10-16)14(12)8-11-4-2-1-3-5-11/h1-5,12-13,15-16H,6-10H2/t12-,13?/m0/s1. The van der Waals surface area contributed by atoms with Crippen LogP contribution in [0.15, 0.2) is 30.3 Å². The first-order chi connectivity index (χ1) is 7.85. The lowest BCUT2D eigenvalue weighted by Crippen LogP contribution is -2.39. The van der Waals surface area contributed by atoms with Gasteiger partial charge in [-0.15, -0.1) is 0 Å². The highest BCUT2D eigenvalue weighted by Gasteiger charge is 2.32. The average Bonchev–Trinajstić information content (AvgIpc) is 2.72. The highest BCUT2D eigenvalue weighted by atomic mass is 16.3. The molecule has 0 saturated carbocycles. The smallest absolute Gasteiger partial charge is 0.0587 e. The third kappa shape index (κ3) is 2.43. The third-order valence-electron chi connectivity index (χ3n) is 3.40. The van der Waals surface area contributed by atoms with E-state index in [0.717, 1.165) is 19.4 Å². The lowest BCUT2D eigenvalue weighted by molar-refractivity contribution is 0.0903. The van der Waals surface area contributed by atoms with E-state index in [4.69, 9.17) is 0 Å². The van der Waals surface area contributed by atoms with Gasteiger partial charge in [0.25, 0.3) is 0 Å². The fourth-order valence-corrected chi connectivity index (χ4v) is 2.46. The number of aliphatic hydroxyl groups excluding tert-OH is 2. The Kier molecular flexibility index (Phi) is 3.93. The van der Waals surface area contributed by atoms with Crippen LogP contribution in [0.2, 0.25) is 0 Å². The van der Waals surface area contributed by atoms with Crippen LogP contribution >= 0.6 is 0 Å². The van der Waals surface area contributed by atoms with Crippen molar-refractivity contribution in [2.24, 2.45) is 0 Å². The van der Waals surface area contributed by atoms with Gasteiger partial charge in [0.15, 0.2) is 0 Å². The molecule has 1 aliphatic rings. The molecule has 1 heterocycles. The van der Waals surface area contributed by atoms with Crippen LogP contribution < -0.4 is 0 Å². The van der Waals surface area contributed by atoms with E-state index < -0.39 is 0 Å². The van der Waals surface area contributed by atoms with Crippen LogP contribution in [-0.2, 0) is 6.54 Å². The first-order valence-electron chi connectivity index (χ1n) is 5.86. The zero-order valence-electron chi connectivity index (χ0n) is 9.42. The van der Waals surface area contributed by atoms with Crippen LogP contribution in [0, 0.1) is 0 Å². The second-order valence-electron chi connectivity index (χ2n) is 4.41. The topological polar surface area (TPSA) is 43.7 Å². The van der Waals surface area contributed by atoms with E-state index in [1.165, 1.54) is 5.56 Å². The van der Waals surface area contributed by atoms with Crippen LogP contribution in [0.3, 0.4) is 0 Å². The molecular weight excluding hydrogens is 202 g/mol. The predicted molar refractivity (Wildman–Crippen MR) is 63.0 cm³/mol. The van der Waals surface area contributed by atoms with E-state index >= 15 is 0 Å². The molecule has 0 aromatic heterocycles. The summed E-state index contributed by atoms with van der Waals surface area (Å²) < 4.78 is 0. The van der Waals surface area contributed by atoms with Crippen molar-refractivity contribution in [3.63, 3.8) is 0 Å². The maximum Gasteiger partial charge on any atom is 0.0587 e. The van der Waals surface area contributed by atoms with E-state index in [9.17, 15) is 10.2 Å². The second kappa shape index (κ2) is 5.43. The largest absolute Gasteiger partial charge is 0.395 e. The van der Waals surface area contributed by atoms with Gasteiger partial charge in [-0.1, -0.05) is 30.3 Å². The van der Waals surface area contributed by atoms with E-state index in [-0.39, 0.29) is 25.3 Å². The van der Waals surface area contributed by atoms with Gasteiger partial charge in [-0.3, -0.25) is 4.90 Å². The average molecular weight is 221 g/mol. The predicted octanol–water partition coefficient (Wildman–Crippen LogP) is 1.00. The van der Waals surface area contributed by atoms with Gasteiger partial charge in [-0.2, -0.15) is 0 Å². The molecule has 2 atom stereocenters. The van der Waals surface area contributed by atoms with Crippen molar-refractivity contribution >= 4 is 0 Å². The molecule has 2 rings (SSSR count). The first kappa shape index (κ1) is 11.6. The van der Waals surface area contributed by atoms with E-state index in [1.54, 1.807) is 0 Å². The van der Waals surface area contributed by atoms with Crippen molar-refractivity contribution in [3.8, 4) is 0 Å². The van der Waals surface area contributed by atoms with Gasteiger partial charge >= 0.3 is 0 Å². The highest BCUT2D eigenvalue weighted by molar-refractivity contribution is 5.15. The number of likely N-dealkylation sites (tertiary alicyclic amines) is 1. The van der Waals surface area contributed by atoms with Gasteiger partial charge in [0.05, 0.1) is 13.2 Å². The molecule has 3 heteroatoms. The molecule has 0 spiro atoms. The van der Waals surface area contributed by atoms with Crippen molar-refractivity contribution in [3.05, 3.63) is 35.9 Å². The molecule has 1 aromatic carbocycles. The molecule has 1 saturated heterocycles. The molecule has 0 bridgehead atoms. The Labute approximate surface area is 96.3 Å². The van der Waals surface area contributed by atoms with Gasteiger partial charge in [0.1, 0.15) is 0 Å². The molecule has 3 nitrogen and oxygen atoms in total. The Morgan fingerprint density at radius 3 is 2.06 bits per heavy atom. The second-order valence-corrected chi connectivity index (χ2v) is 4.41. The van der Waals surface area contributed by atoms with Crippen LogP contribution in [0.25, 0.3) is 0 Å². The van der Waals surface area contributed by atoms with Crippen molar-refractivity contribution < 1.29 is 10.2 Å². The lowest BCUT2D eigenvalue weighted by Gasteiger charge is -2.28. The maximum atomic E-state index is 9.30. The Bertz CT molecular complexity index is 303. The first-order valence-corrected chi connectivity index (χ1v) is 5.86. The number of nitrogens with zero attached hydrogens (tertiary/aromatic N) is 1. The molecule has 0 aliphatic carbocycles. The maximum absolute atomic E-state index is 9.30. The molecule has 1 fully saturated rings. The normalized spacial score (nSPS) is 26.1. The van der Waals surface area contributed by atoms with Gasteiger partial charge in [0.2, 0.25) is 0 Å². The Balaban J connectivity index is 2.06. The third-order valence-corrected chi connectivity index (χ3v) is 3.40. The fourth-order valence-electron chi connectivity index (χ4n) is 2.46. The Morgan fingerprint density at radius 1 is 1.00 bits per heavy atom. The summed E-state index contributed by atoms with van der Waals surface area (Å²) in [6.45, 7) is 1.18. The SMILES string of the molecule is OCC1CC[C@@H](CO)N1Cc1ccccc1. The van der Waals surface area contributed by atoms with E-state index in [2.05, 4.69) is 17.0 Å². The van der Waals surface area contributed by atoms with Crippen molar-refractivity contribution in [1.29, 1.82) is 0 Å². The van der Waals surface area contributed by atoms with Crippen molar-refractivity contribution in [2.45, 2.75) is 31.5 Å². The fraction of sp³-hybridized carbons (Fsp3) is 0.538. The van der Waals surface area contributed by atoms with Crippen LogP contribution in [0.1, 0.15) is 18.4 Å². The summed E-state index contributed by atoms with van der Waals surface area (Å²) >= 11 is 0. The monoisotopic (exact) mass is 221 g/mol. The number of hydrogen-bond donors (Lipinski definition) is 2. The molecular formula is C13H19NO2. The van der Waals surface area contributed by atoms with Gasteiger partial charge in [-0.05, 0) is 18.4 Å². The molecule has 16 heavy (non-hydrogen) atoms. The summed E-state index contributed by atoms with van der Waals surface area (Å²) in [6, 6.07) is 10.6. The molecule has 1 aliphatic heterocycles. The summed E-state index contributed by atoms with van der Waals surface area (Å²) in [6.07, 6.45) is 1.96. The molecule has 1 aromatic rings. The number of rotatable bonds is 4. The van der Waals surface area contributed by atoms with Crippen LogP contribution in [-0.4, -0.2) is 40.4 Å². The van der Waals surface area contributed by atoms with Gasteiger partial charge in [0, 0.05) is 18.6 Å². The zero-order valence-corrected chi connectivity index (χ0v) is 9.42. The Hall–Kier alpha value is -0.900. The molecule has 1 unspecified atom stereocenters. The summed E-state index contributed by atoms with van der Waals surface area (Å²) in [4.78, 5) is 2.22. The Morgan fingerprint density at radius 2 is 1.56 bits per heavy atom. The summed E-state index contributed by atoms with van der Waals surface area (Å²) in [5, 5.41) is 18.6. The molecule has 0 radical (unpaired) electrons. The number of aliphatic hydroxyl groups is 2. The molecule has 2 N–H and O–H groups in total. The van der Waals surface area contributed by atoms with Crippen molar-refractivity contribution in [2.75, 3.05) is 13.2 Å². The van der Waals surface area contributed by atoms with Crippen molar-refractivity contribution in [1.82, 2.24) is 4.90 Å². The molecule has 88 valence electrons. The van der Waals surface area contributed by atoms with E-state index in [0.29, 0.717) is 0 Å². The lowest BCUT2D eigenvalue weighted by atomic mass is 10.2. The van der Waals surface area contributed by atoms with Crippen LogP contribution in [0.5, 0.6) is 0 Å². The number of benzene rings is 1. The summed E-state index contributed by atoms with van der Waals surface area (Å²) in [5.74, 6) is 0. The minimum Gasteiger partial charge on any atom is -0.395 e.